The molecule has 1 atom stereocenters. The average molecular weight is 490 g/mol. The molecule has 192 valence electrons. The number of ether oxygens (including phenoxy) is 3. The Bertz CT molecular complexity index is 985. The van der Waals surface area contributed by atoms with E-state index in [1.54, 1.807) is 11.6 Å². The Hall–Kier alpha value is -2.78. The molecule has 1 amide bonds. The van der Waals surface area contributed by atoms with Crippen molar-refractivity contribution in [2.45, 2.75) is 83.6 Å². The Kier molecular flexibility index (Phi) is 6.76. The third kappa shape index (κ3) is 5.26. The molecule has 0 radical (unpaired) electrons. The Morgan fingerprint density at radius 2 is 2.06 bits per heavy atom. The van der Waals surface area contributed by atoms with Crippen LogP contribution >= 0.6 is 0 Å². The smallest absolute Gasteiger partial charge is 0.407 e. The summed E-state index contributed by atoms with van der Waals surface area (Å²) in [6, 6.07) is 2.09. The Labute approximate surface area is 205 Å². The van der Waals surface area contributed by atoms with Crippen LogP contribution in [0.3, 0.4) is 0 Å². The van der Waals surface area contributed by atoms with Gasteiger partial charge in [-0.3, -0.25) is 4.79 Å². The fourth-order valence-corrected chi connectivity index (χ4v) is 5.07. The molecule has 1 unspecified atom stereocenters. The first-order valence-corrected chi connectivity index (χ1v) is 12.2. The largest absolute Gasteiger partial charge is 0.465 e. The third-order valence-electron chi connectivity index (χ3n) is 6.91. The van der Waals surface area contributed by atoms with E-state index < -0.39 is 28.1 Å². The summed E-state index contributed by atoms with van der Waals surface area (Å²) in [7, 11) is 0. The molecule has 4 aliphatic rings. The van der Waals surface area contributed by atoms with Crippen LogP contribution in [0.1, 0.15) is 71.7 Å². The van der Waals surface area contributed by atoms with Gasteiger partial charge in [0.25, 0.3) is 0 Å². The summed E-state index contributed by atoms with van der Waals surface area (Å²) in [4.78, 5) is 24.2. The van der Waals surface area contributed by atoms with E-state index in [1.165, 1.54) is 0 Å². The van der Waals surface area contributed by atoms with Gasteiger partial charge in [0.15, 0.2) is 5.82 Å². The molecule has 2 N–H and O–H groups in total. The van der Waals surface area contributed by atoms with E-state index in [-0.39, 0.29) is 12.0 Å². The van der Waals surface area contributed by atoms with Gasteiger partial charge < -0.3 is 24.8 Å². The van der Waals surface area contributed by atoms with E-state index in [0.717, 1.165) is 12.8 Å². The molecular formula is C23H35N7O5. The summed E-state index contributed by atoms with van der Waals surface area (Å²) in [5.41, 5.74) is -2.10. The highest BCUT2D eigenvalue weighted by molar-refractivity contribution is 5.79. The van der Waals surface area contributed by atoms with Crippen molar-refractivity contribution in [2.75, 3.05) is 26.3 Å². The predicted molar refractivity (Wildman–Crippen MR) is 122 cm³/mol. The number of esters is 1. The number of nitrogens with zero attached hydrogens (tertiary/aromatic N) is 5. The highest BCUT2D eigenvalue weighted by Crippen LogP contribution is 2.59. The number of nitriles is 1. The van der Waals surface area contributed by atoms with Gasteiger partial charge in [-0.05, 0) is 70.2 Å². The topological polar surface area (TPSA) is 153 Å². The third-order valence-corrected chi connectivity index (χ3v) is 6.91. The molecule has 2 bridgehead atoms. The van der Waals surface area contributed by atoms with Gasteiger partial charge in [-0.25, -0.2) is 9.48 Å². The predicted octanol–water partition coefficient (Wildman–Crippen LogP) is 1.63. The zero-order chi connectivity index (χ0) is 25.3. The SMILES string of the molecule is CCOC(=O)C12COC(CNC(c3nnnn3CCCNC(=O)OC(C)(C)C)C3(C#N)CC3)(C1)C2. The van der Waals surface area contributed by atoms with Gasteiger partial charge in [0.05, 0.1) is 41.8 Å². The first-order valence-electron chi connectivity index (χ1n) is 12.2. The minimum absolute atomic E-state index is 0.190. The quantitative estimate of drug-likeness (QED) is 0.346. The number of carbonyl (C=O) groups is 2. The second kappa shape index (κ2) is 9.35. The number of aryl methyl sites for hydroxylation is 1. The number of nitrogens with one attached hydrogen (secondary N) is 2. The summed E-state index contributed by atoms with van der Waals surface area (Å²) < 4.78 is 18.2. The van der Waals surface area contributed by atoms with Crippen molar-refractivity contribution in [3.05, 3.63) is 5.82 Å². The lowest BCUT2D eigenvalue weighted by Crippen LogP contribution is -2.55. The molecule has 0 spiro atoms. The monoisotopic (exact) mass is 489 g/mol. The Balaban J connectivity index is 1.35. The van der Waals surface area contributed by atoms with Gasteiger partial charge in [-0.15, -0.1) is 5.10 Å². The summed E-state index contributed by atoms with van der Waals surface area (Å²) in [5, 5.41) is 28.4. The second-order valence-corrected chi connectivity index (χ2v) is 11.0. The van der Waals surface area contributed by atoms with Gasteiger partial charge in [-0.2, -0.15) is 5.26 Å². The van der Waals surface area contributed by atoms with Crippen molar-refractivity contribution >= 4 is 12.1 Å². The van der Waals surface area contributed by atoms with E-state index in [2.05, 4.69) is 32.2 Å². The average Bonchev–Trinajstić information content (AvgIpc) is 3.09. The second-order valence-electron chi connectivity index (χ2n) is 11.0. The number of carbonyl (C=O) groups excluding carboxylic acids is 2. The minimum Gasteiger partial charge on any atom is -0.465 e. The molecule has 2 aliphatic heterocycles. The van der Waals surface area contributed by atoms with Gasteiger partial charge in [-0.1, -0.05) is 0 Å². The zero-order valence-electron chi connectivity index (χ0n) is 20.9. The normalized spacial score (nSPS) is 26.8. The molecule has 5 rings (SSSR count). The zero-order valence-corrected chi connectivity index (χ0v) is 20.9. The molecule has 2 aliphatic carbocycles. The van der Waals surface area contributed by atoms with Crippen LogP contribution in [0.15, 0.2) is 0 Å². The van der Waals surface area contributed by atoms with Crippen molar-refractivity contribution in [3.8, 4) is 6.07 Å². The number of rotatable bonds is 11. The maximum Gasteiger partial charge on any atom is 0.407 e. The number of alkyl carbamates (subject to hydrolysis) is 1. The number of amides is 1. The van der Waals surface area contributed by atoms with E-state index in [9.17, 15) is 14.9 Å². The van der Waals surface area contributed by atoms with Crippen LogP contribution in [0.4, 0.5) is 4.79 Å². The molecule has 12 heteroatoms. The molecule has 2 saturated carbocycles. The molecular weight excluding hydrogens is 454 g/mol. The molecule has 2 saturated heterocycles. The summed E-state index contributed by atoms with van der Waals surface area (Å²) >= 11 is 0. The molecule has 0 aromatic carbocycles. The van der Waals surface area contributed by atoms with Crippen LogP contribution in [0.25, 0.3) is 0 Å². The molecule has 4 fully saturated rings. The first-order chi connectivity index (χ1) is 16.6. The molecule has 35 heavy (non-hydrogen) atoms. The van der Waals surface area contributed by atoms with Crippen LogP contribution in [-0.4, -0.2) is 69.8 Å². The van der Waals surface area contributed by atoms with Crippen LogP contribution in [0.2, 0.25) is 0 Å². The van der Waals surface area contributed by atoms with Crippen molar-refractivity contribution < 1.29 is 23.8 Å². The lowest BCUT2D eigenvalue weighted by molar-refractivity contribution is -0.160. The number of aromatic nitrogens is 4. The van der Waals surface area contributed by atoms with Crippen LogP contribution in [0.5, 0.6) is 0 Å². The molecule has 1 aromatic rings. The molecule has 1 aromatic heterocycles. The van der Waals surface area contributed by atoms with E-state index in [4.69, 9.17) is 14.2 Å². The summed E-state index contributed by atoms with van der Waals surface area (Å²) in [6.07, 6.45) is 2.87. The molecule has 12 nitrogen and oxygen atoms in total. The summed E-state index contributed by atoms with van der Waals surface area (Å²) in [6.45, 7) is 9.34. The lowest BCUT2D eigenvalue weighted by Gasteiger charge is -2.43. The minimum atomic E-state index is -0.571. The van der Waals surface area contributed by atoms with Gasteiger partial charge in [0.1, 0.15) is 5.60 Å². The van der Waals surface area contributed by atoms with Gasteiger partial charge >= 0.3 is 12.1 Å². The maximum absolute atomic E-state index is 12.3. The van der Waals surface area contributed by atoms with E-state index >= 15 is 0 Å². The van der Waals surface area contributed by atoms with Crippen molar-refractivity contribution in [1.29, 1.82) is 5.26 Å². The van der Waals surface area contributed by atoms with Crippen LogP contribution in [0, 0.1) is 22.2 Å². The number of fused-ring (bicyclic) bond motifs is 1. The fourth-order valence-electron chi connectivity index (χ4n) is 5.07. The van der Waals surface area contributed by atoms with Gasteiger partial charge in [0.2, 0.25) is 0 Å². The standard InChI is InChI=1S/C23H35N7O5/c1-5-33-18(31)22-11-23(12-22,34-15-22)14-26-16(21(13-24)7-8-21)17-27-28-29-30(17)10-6-9-25-19(32)35-20(2,3)4/h16,26H,5-12,14-15H2,1-4H3,(H,25,32). The Morgan fingerprint density at radius 1 is 1.31 bits per heavy atom. The lowest BCUT2D eigenvalue weighted by atomic mass is 9.62. The number of hydrogen-bond acceptors (Lipinski definition) is 10. The van der Waals surface area contributed by atoms with Gasteiger partial charge in [0, 0.05) is 19.6 Å². The molecule has 3 heterocycles. The van der Waals surface area contributed by atoms with E-state index in [1.807, 2.05) is 20.8 Å². The maximum atomic E-state index is 12.3. The summed E-state index contributed by atoms with van der Waals surface area (Å²) in [5.74, 6) is 0.399. The van der Waals surface area contributed by atoms with Crippen LogP contribution in [-0.2, 0) is 25.5 Å². The van der Waals surface area contributed by atoms with Crippen molar-refractivity contribution in [3.63, 3.8) is 0 Å². The first kappa shape index (κ1) is 25.3. The van der Waals surface area contributed by atoms with E-state index in [0.29, 0.717) is 57.9 Å². The number of hydrogen-bond donors (Lipinski definition) is 2. The highest BCUT2D eigenvalue weighted by atomic mass is 16.6. The highest BCUT2D eigenvalue weighted by Gasteiger charge is 2.67. The van der Waals surface area contributed by atoms with Crippen molar-refractivity contribution in [1.82, 2.24) is 30.8 Å². The van der Waals surface area contributed by atoms with Crippen LogP contribution < -0.4 is 10.6 Å². The fraction of sp³-hybridized carbons (Fsp3) is 0.826. The number of tetrazole rings is 1. The van der Waals surface area contributed by atoms with Crippen molar-refractivity contribution in [2.24, 2.45) is 10.8 Å². The Morgan fingerprint density at radius 3 is 2.69 bits per heavy atom.